The highest BCUT2D eigenvalue weighted by Crippen LogP contribution is 2.10. The Hall–Kier alpha value is -1.36. The van der Waals surface area contributed by atoms with Crippen molar-refractivity contribution in [3.05, 3.63) is 34.3 Å². The van der Waals surface area contributed by atoms with E-state index in [0.29, 0.717) is 19.5 Å². The summed E-state index contributed by atoms with van der Waals surface area (Å²) in [6.07, 6.45) is 1.29. The molecular formula is C15H21BrN2O2. The fourth-order valence-electron chi connectivity index (χ4n) is 1.88. The molecule has 4 nitrogen and oxygen atoms in total. The van der Waals surface area contributed by atoms with E-state index in [4.69, 9.17) is 0 Å². The maximum Gasteiger partial charge on any atom is 0.224 e. The Bertz CT molecular complexity index is 446. The fourth-order valence-corrected chi connectivity index (χ4v) is 2.14. The zero-order valence-electron chi connectivity index (χ0n) is 12.0. The van der Waals surface area contributed by atoms with Gasteiger partial charge in [-0.25, -0.2) is 0 Å². The molecule has 20 heavy (non-hydrogen) atoms. The maximum absolute atomic E-state index is 11.8. The summed E-state index contributed by atoms with van der Waals surface area (Å²) in [7, 11) is 0. The number of hydrogen-bond donors (Lipinski definition) is 1. The second-order valence-electron chi connectivity index (χ2n) is 4.66. The number of amides is 2. The molecule has 1 N–H and O–H groups in total. The Morgan fingerprint density at radius 2 is 1.85 bits per heavy atom. The van der Waals surface area contributed by atoms with E-state index in [-0.39, 0.29) is 11.8 Å². The average molecular weight is 341 g/mol. The molecule has 0 aromatic heterocycles. The highest BCUT2D eigenvalue weighted by Gasteiger charge is 2.08. The predicted molar refractivity (Wildman–Crippen MR) is 83.4 cm³/mol. The van der Waals surface area contributed by atoms with E-state index in [1.807, 2.05) is 31.2 Å². The van der Waals surface area contributed by atoms with Crippen LogP contribution < -0.4 is 5.32 Å². The third kappa shape index (κ3) is 6.19. The third-order valence-corrected chi connectivity index (χ3v) is 3.45. The SMILES string of the molecule is CCCN(CCNC(=O)Cc1ccc(Br)cc1)C(C)=O. The number of nitrogens with one attached hydrogen (secondary N) is 1. The number of hydrogen-bond acceptors (Lipinski definition) is 2. The molecule has 1 rings (SSSR count). The number of rotatable bonds is 7. The van der Waals surface area contributed by atoms with E-state index in [2.05, 4.69) is 21.2 Å². The molecule has 0 aliphatic carbocycles. The van der Waals surface area contributed by atoms with Crippen molar-refractivity contribution < 1.29 is 9.59 Å². The molecule has 1 aromatic carbocycles. The summed E-state index contributed by atoms with van der Waals surface area (Å²) in [5, 5.41) is 2.84. The van der Waals surface area contributed by atoms with Crippen molar-refractivity contribution in [2.75, 3.05) is 19.6 Å². The second kappa shape index (κ2) is 8.74. The Kier molecular flexibility index (Phi) is 7.30. The van der Waals surface area contributed by atoms with Crippen molar-refractivity contribution in [3.63, 3.8) is 0 Å². The summed E-state index contributed by atoms with van der Waals surface area (Å²) in [6.45, 7) is 5.38. The molecule has 110 valence electrons. The summed E-state index contributed by atoms with van der Waals surface area (Å²) >= 11 is 3.36. The molecule has 5 heteroatoms. The zero-order chi connectivity index (χ0) is 15.0. The van der Waals surface area contributed by atoms with Crippen molar-refractivity contribution in [2.45, 2.75) is 26.7 Å². The van der Waals surface area contributed by atoms with E-state index in [1.54, 1.807) is 11.8 Å². The van der Waals surface area contributed by atoms with Gasteiger partial charge >= 0.3 is 0 Å². The smallest absolute Gasteiger partial charge is 0.224 e. The van der Waals surface area contributed by atoms with Gasteiger partial charge < -0.3 is 10.2 Å². The summed E-state index contributed by atoms with van der Waals surface area (Å²) in [6, 6.07) is 7.67. The lowest BCUT2D eigenvalue weighted by molar-refractivity contribution is -0.129. The molecule has 0 saturated carbocycles. The van der Waals surface area contributed by atoms with Crippen LogP contribution in [-0.4, -0.2) is 36.3 Å². The van der Waals surface area contributed by atoms with Crippen LogP contribution in [-0.2, 0) is 16.0 Å². The fraction of sp³-hybridized carbons (Fsp3) is 0.467. The molecule has 0 bridgehead atoms. The summed E-state index contributed by atoms with van der Waals surface area (Å²) in [4.78, 5) is 24.9. The van der Waals surface area contributed by atoms with Gasteiger partial charge in [0.2, 0.25) is 11.8 Å². The van der Waals surface area contributed by atoms with Crippen molar-refractivity contribution in [1.82, 2.24) is 10.2 Å². The van der Waals surface area contributed by atoms with E-state index in [9.17, 15) is 9.59 Å². The van der Waals surface area contributed by atoms with Gasteiger partial charge in [0.05, 0.1) is 6.42 Å². The van der Waals surface area contributed by atoms with Crippen molar-refractivity contribution in [2.24, 2.45) is 0 Å². The highest BCUT2D eigenvalue weighted by molar-refractivity contribution is 9.10. The zero-order valence-corrected chi connectivity index (χ0v) is 13.6. The van der Waals surface area contributed by atoms with E-state index >= 15 is 0 Å². The number of nitrogens with zero attached hydrogens (tertiary/aromatic N) is 1. The number of carbonyl (C=O) groups excluding carboxylic acids is 2. The summed E-state index contributed by atoms with van der Waals surface area (Å²) in [5.41, 5.74) is 0.975. The first-order valence-electron chi connectivity index (χ1n) is 6.79. The minimum atomic E-state index is -0.0210. The Labute approximate surface area is 128 Å². The molecule has 0 atom stereocenters. The standard InChI is InChI=1S/C15H21BrN2O2/c1-3-9-18(12(2)19)10-8-17-15(20)11-13-4-6-14(16)7-5-13/h4-7H,3,8-11H2,1-2H3,(H,17,20). The van der Waals surface area contributed by atoms with Crippen LogP contribution in [0.1, 0.15) is 25.8 Å². The van der Waals surface area contributed by atoms with Gasteiger partial charge in [-0.2, -0.15) is 0 Å². The average Bonchev–Trinajstić information content (AvgIpc) is 2.40. The maximum atomic E-state index is 11.8. The Morgan fingerprint density at radius 1 is 1.20 bits per heavy atom. The lowest BCUT2D eigenvalue weighted by Gasteiger charge is -2.20. The molecule has 1 aromatic rings. The minimum Gasteiger partial charge on any atom is -0.354 e. The normalized spacial score (nSPS) is 10.2. The van der Waals surface area contributed by atoms with Crippen molar-refractivity contribution in [1.29, 1.82) is 0 Å². The lowest BCUT2D eigenvalue weighted by atomic mass is 10.1. The largest absolute Gasteiger partial charge is 0.354 e. The molecule has 0 unspecified atom stereocenters. The molecule has 0 fully saturated rings. The van der Waals surface area contributed by atoms with Crippen LogP contribution in [0, 0.1) is 0 Å². The van der Waals surface area contributed by atoms with Gasteiger partial charge in [0.1, 0.15) is 0 Å². The molecule has 0 saturated heterocycles. The van der Waals surface area contributed by atoms with Crippen LogP contribution in [0.2, 0.25) is 0 Å². The van der Waals surface area contributed by atoms with Crippen LogP contribution >= 0.6 is 15.9 Å². The summed E-state index contributed by atoms with van der Waals surface area (Å²) in [5.74, 6) is 0.0290. The molecule has 0 radical (unpaired) electrons. The van der Waals surface area contributed by atoms with Gasteiger partial charge in [0.15, 0.2) is 0 Å². The van der Waals surface area contributed by atoms with Crippen molar-refractivity contribution >= 4 is 27.7 Å². The minimum absolute atomic E-state index is 0.0210. The lowest BCUT2D eigenvalue weighted by Crippen LogP contribution is -2.38. The van der Waals surface area contributed by atoms with Gasteiger partial charge in [-0.05, 0) is 24.1 Å². The number of halogens is 1. The second-order valence-corrected chi connectivity index (χ2v) is 5.57. The van der Waals surface area contributed by atoms with Gasteiger partial charge in [0, 0.05) is 31.0 Å². The molecule has 0 aliphatic rings. The molecule has 2 amide bonds. The predicted octanol–water partition coefficient (Wildman–Crippen LogP) is 2.37. The molecular weight excluding hydrogens is 320 g/mol. The third-order valence-electron chi connectivity index (χ3n) is 2.92. The summed E-state index contributed by atoms with van der Waals surface area (Å²) < 4.78 is 0.998. The van der Waals surface area contributed by atoms with Crippen LogP contribution in [0.25, 0.3) is 0 Å². The first-order chi connectivity index (χ1) is 9.52. The van der Waals surface area contributed by atoms with Gasteiger partial charge in [-0.15, -0.1) is 0 Å². The first kappa shape index (κ1) is 16.7. The highest BCUT2D eigenvalue weighted by atomic mass is 79.9. The number of benzene rings is 1. The van der Waals surface area contributed by atoms with Gasteiger partial charge in [-0.3, -0.25) is 9.59 Å². The Balaban J connectivity index is 2.32. The van der Waals surface area contributed by atoms with Crippen LogP contribution in [0.4, 0.5) is 0 Å². The van der Waals surface area contributed by atoms with E-state index in [0.717, 1.165) is 23.0 Å². The van der Waals surface area contributed by atoms with E-state index in [1.165, 1.54) is 0 Å². The first-order valence-corrected chi connectivity index (χ1v) is 7.59. The molecule has 0 heterocycles. The van der Waals surface area contributed by atoms with Gasteiger partial charge in [-0.1, -0.05) is 35.0 Å². The topological polar surface area (TPSA) is 49.4 Å². The van der Waals surface area contributed by atoms with Crippen LogP contribution in [0.3, 0.4) is 0 Å². The molecule has 0 spiro atoms. The molecule has 0 aliphatic heterocycles. The van der Waals surface area contributed by atoms with E-state index < -0.39 is 0 Å². The van der Waals surface area contributed by atoms with Crippen LogP contribution in [0.15, 0.2) is 28.7 Å². The van der Waals surface area contributed by atoms with Gasteiger partial charge in [0.25, 0.3) is 0 Å². The van der Waals surface area contributed by atoms with Crippen LogP contribution in [0.5, 0.6) is 0 Å². The quantitative estimate of drug-likeness (QED) is 0.828. The Morgan fingerprint density at radius 3 is 2.40 bits per heavy atom. The van der Waals surface area contributed by atoms with Crippen molar-refractivity contribution in [3.8, 4) is 0 Å². The number of carbonyl (C=O) groups is 2. The monoisotopic (exact) mass is 340 g/mol.